The Morgan fingerprint density at radius 1 is 0.744 bits per heavy atom. The van der Waals surface area contributed by atoms with Crippen LogP contribution in [0, 0.1) is 0 Å². The van der Waals surface area contributed by atoms with Crippen LogP contribution in [0.15, 0.2) is 121 Å². The van der Waals surface area contributed by atoms with Crippen molar-refractivity contribution in [1.29, 1.82) is 0 Å². The van der Waals surface area contributed by atoms with Gasteiger partial charge >= 0.3 is 5.97 Å². The molecule has 0 aliphatic carbocycles. The van der Waals surface area contributed by atoms with Crippen molar-refractivity contribution in [3.8, 4) is 0 Å². The smallest absolute Gasteiger partial charge is 0.308 e. The van der Waals surface area contributed by atoms with Gasteiger partial charge in [0.25, 0.3) is 8.32 Å². The minimum atomic E-state index is -2.90. The molecule has 4 aromatic rings. The van der Waals surface area contributed by atoms with Gasteiger partial charge in [-0.1, -0.05) is 142 Å². The average Bonchev–Trinajstić information content (AvgIpc) is 3.00. The lowest BCUT2D eigenvalue weighted by molar-refractivity contribution is -0.146. The van der Waals surface area contributed by atoms with Crippen LogP contribution in [0.3, 0.4) is 0 Å². The molecule has 0 heterocycles. The number of aliphatic hydroxyl groups excluding tert-OH is 1. The van der Waals surface area contributed by atoms with E-state index in [4.69, 9.17) is 9.16 Å². The summed E-state index contributed by atoms with van der Waals surface area (Å²) in [5.74, 6) is -0.412. The van der Waals surface area contributed by atoms with Gasteiger partial charge in [-0.3, -0.25) is 9.69 Å². The van der Waals surface area contributed by atoms with E-state index in [9.17, 15) is 9.90 Å². The summed E-state index contributed by atoms with van der Waals surface area (Å²) in [5, 5.41) is 13.9. The lowest BCUT2D eigenvalue weighted by Gasteiger charge is -2.45. The Hall–Kier alpha value is -3.55. The van der Waals surface area contributed by atoms with Gasteiger partial charge in [0.1, 0.15) is 0 Å². The minimum Gasteiger partial charge on any atom is -0.466 e. The summed E-state index contributed by atoms with van der Waals surface area (Å²) in [7, 11) is -2.90. The molecule has 0 aromatic heterocycles. The third kappa shape index (κ3) is 8.30. The number of aliphatic hydroxyl groups is 1. The maximum atomic E-state index is 12.7. The zero-order chi connectivity index (χ0) is 30.7. The van der Waals surface area contributed by atoms with Crippen LogP contribution in [0.25, 0.3) is 0 Å². The average molecular weight is 596 g/mol. The number of carbonyl (C=O) groups is 1. The molecule has 0 bridgehead atoms. The monoisotopic (exact) mass is 595 g/mol. The number of nitrogens with zero attached hydrogens (tertiary/aromatic N) is 1. The summed E-state index contributed by atoms with van der Waals surface area (Å²) in [4.78, 5) is 14.9. The van der Waals surface area contributed by atoms with Gasteiger partial charge in [0.15, 0.2) is 0 Å². The molecule has 1 N–H and O–H groups in total. The number of benzene rings is 4. The highest BCUT2D eigenvalue weighted by molar-refractivity contribution is 6.99. The maximum Gasteiger partial charge on any atom is 0.308 e. The van der Waals surface area contributed by atoms with Gasteiger partial charge in [0, 0.05) is 13.1 Å². The highest BCUT2D eigenvalue weighted by atomic mass is 28.4. The van der Waals surface area contributed by atoms with Crippen molar-refractivity contribution in [2.75, 3.05) is 13.2 Å². The Labute approximate surface area is 258 Å². The number of esters is 1. The van der Waals surface area contributed by atoms with Crippen LogP contribution in [0.2, 0.25) is 5.04 Å². The molecule has 0 saturated heterocycles. The molecule has 43 heavy (non-hydrogen) atoms. The Balaban J connectivity index is 1.79. The molecule has 6 heteroatoms. The van der Waals surface area contributed by atoms with Crippen LogP contribution in [0.5, 0.6) is 0 Å². The Kier molecular flexibility index (Phi) is 11.5. The molecule has 4 rings (SSSR count). The van der Waals surface area contributed by atoms with Crippen molar-refractivity contribution in [2.24, 2.45) is 0 Å². The second kappa shape index (κ2) is 15.3. The van der Waals surface area contributed by atoms with Gasteiger partial charge in [-0.15, -0.1) is 0 Å². The molecule has 4 aromatic carbocycles. The van der Waals surface area contributed by atoms with Crippen molar-refractivity contribution >= 4 is 24.7 Å². The topological polar surface area (TPSA) is 59.0 Å². The summed E-state index contributed by atoms with van der Waals surface area (Å²) >= 11 is 0. The highest BCUT2D eigenvalue weighted by Crippen LogP contribution is 2.37. The molecule has 0 aliphatic heterocycles. The van der Waals surface area contributed by atoms with Gasteiger partial charge in [-0.25, -0.2) is 0 Å². The third-order valence-electron chi connectivity index (χ3n) is 7.94. The number of carbonyl (C=O) groups excluding carboxylic acids is 1. The number of hydrogen-bond acceptors (Lipinski definition) is 5. The van der Waals surface area contributed by atoms with E-state index in [2.05, 4.69) is 98.5 Å². The quantitative estimate of drug-likeness (QED) is 0.144. The SMILES string of the molecule is CCOC(=O)C[C@@H](O)[C@H](CO[Si](c1ccccc1)(c1ccccc1)C(C)(C)C)N(Cc1ccccc1)Cc1ccccc1. The van der Waals surface area contributed by atoms with Gasteiger partial charge < -0.3 is 14.3 Å². The Morgan fingerprint density at radius 2 is 1.16 bits per heavy atom. The third-order valence-corrected chi connectivity index (χ3v) is 12.9. The molecule has 5 nitrogen and oxygen atoms in total. The van der Waals surface area contributed by atoms with Gasteiger partial charge in [-0.2, -0.15) is 0 Å². The molecule has 0 spiro atoms. The van der Waals surface area contributed by atoms with Gasteiger partial charge in [-0.05, 0) is 33.5 Å². The number of rotatable bonds is 14. The molecule has 0 radical (unpaired) electrons. The van der Waals surface area contributed by atoms with Crippen LogP contribution in [-0.4, -0.2) is 49.7 Å². The zero-order valence-electron chi connectivity index (χ0n) is 25.9. The van der Waals surface area contributed by atoms with Crippen molar-refractivity contribution < 1.29 is 19.1 Å². The first-order valence-corrected chi connectivity index (χ1v) is 17.1. The van der Waals surface area contributed by atoms with Gasteiger partial charge in [0.2, 0.25) is 0 Å². The van der Waals surface area contributed by atoms with E-state index in [-0.39, 0.29) is 24.7 Å². The van der Waals surface area contributed by atoms with Crippen LogP contribution in [0.1, 0.15) is 45.2 Å². The van der Waals surface area contributed by atoms with Crippen LogP contribution in [0.4, 0.5) is 0 Å². The first kappa shape index (κ1) is 32.4. The van der Waals surface area contributed by atoms with Crippen molar-refractivity contribution in [3.63, 3.8) is 0 Å². The van der Waals surface area contributed by atoms with E-state index in [1.54, 1.807) is 6.92 Å². The summed E-state index contributed by atoms with van der Waals surface area (Å²) in [5.41, 5.74) is 2.24. The molecule has 226 valence electrons. The van der Waals surface area contributed by atoms with Crippen molar-refractivity contribution in [2.45, 2.75) is 64.4 Å². The standard InChI is InChI=1S/C37H45NO4Si/c1-5-41-36(40)26-35(39)34(38(27-30-18-10-6-11-19-30)28-31-20-12-7-13-21-31)29-42-43(37(2,3)4,32-22-14-8-15-23-32)33-24-16-9-17-25-33/h6-25,34-35,39H,5,26-29H2,1-4H3/t34-,35+/m0/s1. The first-order valence-electron chi connectivity index (χ1n) is 15.1. The van der Waals surface area contributed by atoms with E-state index in [1.807, 2.05) is 48.5 Å². The lowest BCUT2D eigenvalue weighted by atomic mass is 10.0. The molecule has 0 amide bonds. The van der Waals surface area contributed by atoms with E-state index in [1.165, 1.54) is 10.4 Å². The fourth-order valence-electron chi connectivity index (χ4n) is 5.88. The second-order valence-electron chi connectivity index (χ2n) is 12.0. The molecule has 0 unspecified atom stereocenters. The largest absolute Gasteiger partial charge is 0.466 e. The summed E-state index contributed by atoms with van der Waals surface area (Å²) < 4.78 is 12.6. The molecular formula is C37H45NO4Si. The van der Waals surface area contributed by atoms with Crippen molar-refractivity contribution in [1.82, 2.24) is 4.90 Å². The van der Waals surface area contributed by atoms with Crippen LogP contribution >= 0.6 is 0 Å². The molecule has 0 saturated carbocycles. The normalized spacial score (nSPS) is 13.4. The summed E-state index contributed by atoms with van der Waals surface area (Å²) in [6.45, 7) is 10.2. The summed E-state index contributed by atoms with van der Waals surface area (Å²) in [6, 6.07) is 41.0. The lowest BCUT2D eigenvalue weighted by Crippen LogP contribution is -2.67. The number of hydrogen-bond donors (Lipinski definition) is 1. The highest BCUT2D eigenvalue weighted by Gasteiger charge is 2.51. The Morgan fingerprint density at radius 3 is 1.56 bits per heavy atom. The zero-order valence-corrected chi connectivity index (χ0v) is 26.9. The van der Waals surface area contributed by atoms with Gasteiger partial charge in [0.05, 0.1) is 31.8 Å². The fraction of sp³-hybridized carbons (Fsp3) is 0.324. The fourth-order valence-corrected chi connectivity index (χ4v) is 10.5. The van der Waals surface area contributed by atoms with E-state index >= 15 is 0 Å². The molecule has 2 atom stereocenters. The first-order chi connectivity index (χ1) is 20.7. The second-order valence-corrected chi connectivity index (χ2v) is 16.3. The van der Waals surface area contributed by atoms with Crippen molar-refractivity contribution in [3.05, 3.63) is 132 Å². The molecule has 0 aliphatic rings. The van der Waals surface area contributed by atoms with E-state index < -0.39 is 26.4 Å². The summed E-state index contributed by atoms with van der Waals surface area (Å²) in [6.07, 6.45) is -1.10. The van der Waals surface area contributed by atoms with E-state index in [0.717, 1.165) is 11.1 Å². The maximum absolute atomic E-state index is 12.7. The predicted molar refractivity (Wildman–Crippen MR) is 177 cm³/mol. The van der Waals surface area contributed by atoms with Crippen LogP contribution in [-0.2, 0) is 27.0 Å². The van der Waals surface area contributed by atoms with Crippen LogP contribution < -0.4 is 10.4 Å². The molecule has 0 fully saturated rings. The number of ether oxygens (including phenoxy) is 1. The predicted octanol–water partition coefficient (Wildman–Crippen LogP) is 5.95. The molecular weight excluding hydrogens is 550 g/mol. The minimum absolute atomic E-state index is 0.108. The Bertz CT molecular complexity index is 1300. The van der Waals surface area contributed by atoms with E-state index in [0.29, 0.717) is 13.1 Å².